The van der Waals surface area contributed by atoms with Crippen molar-refractivity contribution in [2.75, 3.05) is 5.32 Å². The van der Waals surface area contributed by atoms with E-state index in [0.717, 1.165) is 17.7 Å². The van der Waals surface area contributed by atoms with Gasteiger partial charge in [0.25, 0.3) is 0 Å². The van der Waals surface area contributed by atoms with E-state index >= 15 is 0 Å². The maximum atomic E-state index is 12.5. The van der Waals surface area contributed by atoms with Gasteiger partial charge in [-0.2, -0.15) is 0 Å². The van der Waals surface area contributed by atoms with Crippen molar-refractivity contribution in [2.45, 2.75) is 19.4 Å². The summed E-state index contributed by atoms with van der Waals surface area (Å²) in [5.74, 6) is -0.0523. The molecule has 1 atom stereocenters. The van der Waals surface area contributed by atoms with Crippen LogP contribution in [0.4, 0.5) is 5.69 Å². The van der Waals surface area contributed by atoms with Gasteiger partial charge in [0.15, 0.2) is 0 Å². The molecule has 0 aliphatic carbocycles. The predicted molar refractivity (Wildman–Crippen MR) is 91.3 cm³/mol. The van der Waals surface area contributed by atoms with Crippen molar-refractivity contribution in [3.05, 3.63) is 84.4 Å². The number of nitrogens with zero attached hydrogens (tertiary/aromatic N) is 2. The summed E-state index contributed by atoms with van der Waals surface area (Å²) in [7, 11) is 0. The Morgan fingerprint density at radius 3 is 2.61 bits per heavy atom. The standard InChI is InChI=1S/C19H19N3O/c1-15(22-12-11-20-14-22)19(23)21-18-10-6-5-9-17(18)13-16-7-3-2-4-8-16/h2-12,14-15H,13H2,1H3,(H,21,23)/t15-/m1/s1. The number of anilines is 1. The first-order chi connectivity index (χ1) is 11.2. The minimum Gasteiger partial charge on any atom is -0.325 e. The minimum atomic E-state index is -0.303. The van der Waals surface area contributed by atoms with Crippen molar-refractivity contribution < 1.29 is 4.79 Å². The molecule has 0 radical (unpaired) electrons. The molecule has 4 heteroatoms. The van der Waals surface area contributed by atoms with Crippen LogP contribution in [0.2, 0.25) is 0 Å². The fraction of sp³-hybridized carbons (Fsp3) is 0.158. The van der Waals surface area contributed by atoms with Gasteiger partial charge in [0.1, 0.15) is 6.04 Å². The number of hydrogen-bond donors (Lipinski definition) is 1. The summed E-state index contributed by atoms with van der Waals surface area (Å²) >= 11 is 0. The molecular formula is C19H19N3O. The third-order valence-electron chi connectivity index (χ3n) is 3.86. The molecule has 0 unspecified atom stereocenters. The van der Waals surface area contributed by atoms with E-state index in [9.17, 15) is 4.79 Å². The summed E-state index contributed by atoms with van der Waals surface area (Å²) in [5, 5.41) is 3.03. The molecule has 0 spiro atoms. The highest BCUT2D eigenvalue weighted by Crippen LogP contribution is 2.20. The van der Waals surface area contributed by atoms with Gasteiger partial charge in [-0.25, -0.2) is 4.98 Å². The van der Waals surface area contributed by atoms with Crippen LogP contribution in [0.1, 0.15) is 24.1 Å². The third-order valence-corrected chi connectivity index (χ3v) is 3.86. The van der Waals surface area contributed by atoms with E-state index < -0.39 is 0 Å². The number of imidazole rings is 1. The molecule has 4 nitrogen and oxygen atoms in total. The van der Waals surface area contributed by atoms with Gasteiger partial charge >= 0.3 is 0 Å². The van der Waals surface area contributed by atoms with Gasteiger partial charge in [-0.1, -0.05) is 48.5 Å². The van der Waals surface area contributed by atoms with E-state index in [-0.39, 0.29) is 11.9 Å². The van der Waals surface area contributed by atoms with Gasteiger partial charge in [0.05, 0.1) is 6.33 Å². The zero-order valence-electron chi connectivity index (χ0n) is 13.0. The van der Waals surface area contributed by atoms with E-state index in [1.54, 1.807) is 23.3 Å². The smallest absolute Gasteiger partial charge is 0.247 e. The number of benzene rings is 2. The summed E-state index contributed by atoms with van der Waals surface area (Å²) < 4.78 is 1.79. The van der Waals surface area contributed by atoms with E-state index in [0.29, 0.717) is 0 Å². The Bertz CT molecular complexity index is 766. The van der Waals surface area contributed by atoms with Crippen LogP contribution in [0.5, 0.6) is 0 Å². The van der Waals surface area contributed by atoms with E-state index in [1.165, 1.54) is 5.56 Å². The number of para-hydroxylation sites is 1. The Hall–Kier alpha value is -2.88. The number of aromatic nitrogens is 2. The summed E-state index contributed by atoms with van der Waals surface area (Å²) in [6, 6.07) is 17.8. The van der Waals surface area contributed by atoms with Crippen LogP contribution in [0.3, 0.4) is 0 Å². The zero-order chi connectivity index (χ0) is 16.1. The van der Waals surface area contributed by atoms with Crippen LogP contribution in [-0.4, -0.2) is 15.5 Å². The Labute approximate surface area is 135 Å². The Balaban J connectivity index is 1.76. The lowest BCUT2D eigenvalue weighted by atomic mass is 10.0. The molecule has 3 rings (SSSR count). The highest BCUT2D eigenvalue weighted by Gasteiger charge is 2.15. The lowest BCUT2D eigenvalue weighted by Crippen LogP contribution is -2.23. The lowest BCUT2D eigenvalue weighted by Gasteiger charge is -2.16. The molecule has 116 valence electrons. The second-order valence-corrected chi connectivity index (χ2v) is 5.49. The van der Waals surface area contributed by atoms with Crippen molar-refractivity contribution in [1.29, 1.82) is 0 Å². The van der Waals surface area contributed by atoms with Crippen molar-refractivity contribution in [2.24, 2.45) is 0 Å². The van der Waals surface area contributed by atoms with Gasteiger partial charge in [0, 0.05) is 18.1 Å². The van der Waals surface area contributed by atoms with Crippen LogP contribution in [0, 0.1) is 0 Å². The maximum Gasteiger partial charge on any atom is 0.247 e. The summed E-state index contributed by atoms with van der Waals surface area (Å²) in [6.45, 7) is 1.86. The second kappa shape index (κ2) is 6.92. The largest absolute Gasteiger partial charge is 0.325 e. The number of rotatable bonds is 5. The van der Waals surface area contributed by atoms with Crippen molar-refractivity contribution in [3.63, 3.8) is 0 Å². The summed E-state index contributed by atoms with van der Waals surface area (Å²) in [6.07, 6.45) is 5.91. The second-order valence-electron chi connectivity index (χ2n) is 5.49. The van der Waals surface area contributed by atoms with Gasteiger partial charge in [-0.15, -0.1) is 0 Å². The van der Waals surface area contributed by atoms with E-state index in [1.807, 2.05) is 49.4 Å². The van der Waals surface area contributed by atoms with Gasteiger partial charge in [0.2, 0.25) is 5.91 Å². The van der Waals surface area contributed by atoms with Gasteiger partial charge in [-0.3, -0.25) is 4.79 Å². The number of hydrogen-bond acceptors (Lipinski definition) is 2. The first-order valence-electron chi connectivity index (χ1n) is 7.64. The third kappa shape index (κ3) is 3.66. The molecule has 1 amide bonds. The number of carbonyl (C=O) groups is 1. The van der Waals surface area contributed by atoms with E-state index in [2.05, 4.69) is 22.4 Å². The van der Waals surface area contributed by atoms with Crippen LogP contribution in [0.15, 0.2) is 73.3 Å². The molecule has 0 saturated carbocycles. The van der Waals surface area contributed by atoms with Crippen LogP contribution in [-0.2, 0) is 11.2 Å². The number of amides is 1. The Morgan fingerprint density at radius 1 is 1.13 bits per heavy atom. The lowest BCUT2D eigenvalue weighted by molar-refractivity contribution is -0.118. The van der Waals surface area contributed by atoms with Crippen LogP contribution < -0.4 is 5.32 Å². The molecule has 3 aromatic rings. The molecule has 0 aliphatic rings. The predicted octanol–water partition coefficient (Wildman–Crippen LogP) is 3.67. The van der Waals surface area contributed by atoms with Crippen molar-refractivity contribution in [1.82, 2.24) is 9.55 Å². The normalized spacial score (nSPS) is 11.9. The summed E-state index contributed by atoms with van der Waals surface area (Å²) in [4.78, 5) is 16.4. The molecule has 23 heavy (non-hydrogen) atoms. The molecule has 0 fully saturated rings. The first kappa shape index (κ1) is 15.0. The van der Waals surface area contributed by atoms with E-state index in [4.69, 9.17) is 0 Å². The highest BCUT2D eigenvalue weighted by molar-refractivity contribution is 5.94. The average Bonchev–Trinajstić information content (AvgIpc) is 3.11. The Kier molecular flexibility index (Phi) is 4.52. The molecule has 1 aromatic heterocycles. The van der Waals surface area contributed by atoms with Crippen molar-refractivity contribution >= 4 is 11.6 Å². The summed E-state index contributed by atoms with van der Waals surface area (Å²) in [5.41, 5.74) is 3.18. The SMILES string of the molecule is C[C@H](C(=O)Nc1ccccc1Cc1ccccc1)n1ccnc1. The topological polar surface area (TPSA) is 46.9 Å². The molecular weight excluding hydrogens is 286 g/mol. The number of carbonyl (C=O) groups excluding carboxylic acids is 1. The first-order valence-corrected chi connectivity index (χ1v) is 7.64. The monoisotopic (exact) mass is 305 g/mol. The highest BCUT2D eigenvalue weighted by atomic mass is 16.2. The van der Waals surface area contributed by atoms with Gasteiger partial charge in [-0.05, 0) is 30.5 Å². The van der Waals surface area contributed by atoms with Crippen molar-refractivity contribution in [3.8, 4) is 0 Å². The fourth-order valence-electron chi connectivity index (χ4n) is 2.48. The molecule has 1 heterocycles. The van der Waals surface area contributed by atoms with Gasteiger partial charge < -0.3 is 9.88 Å². The zero-order valence-corrected chi connectivity index (χ0v) is 13.0. The van der Waals surface area contributed by atoms with Crippen LogP contribution >= 0.6 is 0 Å². The fourth-order valence-corrected chi connectivity index (χ4v) is 2.48. The minimum absolute atomic E-state index is 0.0523. The van der Waals surface area contributed by atoms with Crippen LogP contribution in [0.25, 0.3) is 0 Å². The molecule has 0 aliphatic heterocycles. The Morgan fingerprint density at radius 2 is 1.87 bits per heavy atom. The maximum absolute atomic E-state index is 12.5. The number of nitrogens with one attached hydrogen (secondary N) is 1. The quantitative estimate of drug-likeness (QED) is 0.781. The average molecular weight is 305 g/mol. The molecule has 2 aromatic carbocycles. The molecule has 0 saturated heterocycles. The molecule has 0 bridgehead atoms. The molecule has 1 N–H and O–H groups in total.